The summed E-state index contributed by atoms with van der Waals surface area (Å²) in [6.07, 6.45) is 17.7. The predicted octanol–water partition coefficient (Wildman–Crippen LogP) is -1.22. The lowest BCUT2D eigenvalue weighted by Gasteiger charge is -2.29. The number of nitrogens with zero attached hydrogens (tertiary/aromatic N) is 1. The lowest BCUT2D eigenvalue weighted by Crippen LogP contribution is -2.62. The second-order valence-electron chi connectivity index (χ2n) is 34.7. The van der Waals surface area contributed by atoms with Gasteiger partial charge in [-0.2, -0.15) is 11.8 Å². The summed E-state index contributed by atoms with van der Waals surface area (Å²) in [5, 5.41) is 96.4. The number of phenols is 1. The summed E-state index contributed by atoms with van der Waals surface area (Å²) < 4.78 is 0. The zero-order valence-corrected chi connectivity index (χ0v) is 80.0. The average Bonchev–Trinajstić information content (AvgIpc) is 0.943. The second kappa shape index (κ2) is 68.9. The third-order valence-corrected chi connectivity index (χ3v) is 22.6. The number of aromatic hydroxyl groups is 1. The highest BCUT2D eigenvalue weighted by molar-refractivity contribution is 7.98. The van der Waals surface area contributed by atoms with E-state index in [1.54, 1.807) is 34.0 Å². The molecule has 0 aliphatic rings. The third kappa shape index (κ3) is 51.4. The second-order valence-corrected chi connectivity index (χ2v) is 35.7. The van der Waals surface area contributed by atoms with Gasteiger partial charge in [-0.25, -0.2) is 4.98 Å². The summed E-state index contributed by atoms with van der Waals surface area (Å²) in [6.45, 7) is 9.93. The molecule has 0 radical (unpaired) electrons. The first-order valence-corrected chi connectivity index (χ1v) is 48.5. The highest BCUT2D eigenvalue weighted by atomic mass is 32.2. The van der Waals surface area contributed by atoms with Crippen LogP contribution < -0.4 is 114 Å². The maximum absolute atomic E-state index is 14.8. The fraction of sp³-hybridized carbons (Fsp3) is 0.708. The number of benzene rings is 1. The molecule has 134 heavy (non-hydrogen) atoms. The number of aliphatic hydroxyl groups excluding tert-OH is 2. The van der Waals surface area contributed by atoms with Crippen LogP contribution in [-0.4, -0.2) is 267 Å². The zero-order chi connectivity index (χ0) is 100. The minimum Gasteiger partial charge on any atom is -0.508 e. The van der Waals surface area contributed by atoms with Gasteiger partial charge in [0.05, 0.1) is 31.2 Å². The van der Waals surface area contributed by atoms with Gasteiger partial charge in [-0.05, 0) is 177 Å². The van der Waals surface area contributed by atoms with E-state index in [-0.39, 0.29) is 152 Å². The van der Waals surface area contributed by atoms with Crippen molar-refractivity contribution in [2.24, 2.45) is 46.2 Å². The number of primary amides is 1. The Hall–Kier alpha value is -11.0. The van der Waals surface area contributed by atoms with E-state index >= 15 is 0 Å². The molecular weight excluding hydrogens is 1760 g/mol. The van der Waals surface area contributed by atoms with Crippen LogP contribution in [0.5, 0.6) is 5.75 Å². The number of aliphatic hydroxyl groups is 2. The van der Waals surface area contributed by atoms with Gasteiger partial charge in [-0.1, -0.05) is 124 Å². The normalized spacial score (nSPS) is 14.4. The number of unbranched alkanes of at least 4 members (excludes halogenated alkanes) is 15. The van der Waals surface area contributed by atoms with Crippen LogP contribution >= 0.6 is 11.8 Å². The summed E-state index contributed by atoms with van der Waals surface area (Å²) in [6, 6.07) is -14.8. The maximum atomic E-state index is 14.8. The highest BCUT2D eigenvalue weighted by Gasteiger charge is 2.40. The molecule has 44 nitrogen and oxygen atoms in total. The van der Waals surface area contributed by atoms with Crippen LogP contribution in [0.25, 0.3) is 0 Å². The fourth-order valence-electron chi connectivity index (χ4n) is 14.5. The third-order valence-electron chi connectivity index (χ3n) is 22.0. The van der Waals surface area contributed by atoms with Crippen molar-refractivity contribution in [3.63, 3.8) is 0 Å². The Morgan fingerprint density at radius 2 is 0.769 bits per heavy atom. The summed E-state index contributed by atoms with van der Waals surface area (Å²) in [5.74, 6) is -16.4. The Balaban J connectivity index is 2.51. The van der Waals surface area contributed by atoms with Gasteiger partial charge in [-0.3, -0.25) is 82.7 Å². The van der Waals surface area contributed by atoms with Gasteiger partial charge in [0.1, 0.15) is 84.3 Å². The van der Waals surface area contributed by atoms with E-state index in [4.69, 9.17) is 45.2 Å². The minimum absolute atomic E-state index is 0.00220. The van der Waals surface area contributed by atoms with E-state index < -0.39 is 192 Å². The van der Waals surface area contributed by atoms with Crippen LogP contribution in [0.3, 0.4) is 0 Å². The first kappa shape index (κ1) is 119. The Kier molecular flexibility index (Phi) is 61.2. The Bertz CT molecular complexity index is 3910. The van der Waals surface area contributed by atoms with E-state index in [0.29, 0.717) is 49.9 Å². The number of hydrogen-bond donors (Lipinski definition) is 28. The van der Waals surface area contributed by atoms with Gasteiger partial charge in [-0.15, -0.1) is 0 Å². The van der Waals surface area contributed by atoms with Crippen molar-refractivity contribution in [2.75, 3.05) is 51.3 Å². The number of thioether (sulfide) groups is 1. The molecule has 758 valence electrons. The molecule has 1 aromatic carbocycles. The largest absolute Gasteiger partial charge is 0.508 e. The lowest BCUT2D eigenvalue weighted by atomic mass is 10.0. The van der Waals surface area contributed by atoms with E-state index in [2.05, 4.69) is 96.6 Å². The average molecular weight is 1910 g/mol. The van der Waals surface area contributed by atoms with Crippen molar-refractivity contribution in [2.45, 2.75) is 338 Å². The summed E-state index contributed by atoms with van der Waals surface area (Å²) in [4.78, 5) is 219. The fourth-order valence-corrected chi connectivity index (χ4v) is 15.0. The number of guanidine groups is 2. The molecule has 1 aromatic heterocycles. The number of carboxylic acid groups (broad SMARTS) is 1. The predicted molar refractivity (Wildman–Crippen MR) is 509 cm³/mol. The van der Waals surface area contributed by atoms with Crippen molar-refractivity contribution in [1.29, 1.82) is 10.8 Å². The van der Waals surface area contributed by atoms with Crippen LogP contribution in [0, 0.1) is 22.7 Å². The van der Waals surface area contributed by atoms with Gasteiger partial charge in [0.2, 0.25) is 82.7 Å². The van der Waals surface area contributed by atoms with Crippen LogP contribution in [-0.2, 0) is 84.8 Å². The van der Waals surface area contributed by atoms with E-state index in [1.165, 1.54) is 99.9 Å². The molecule has 2 rings (SSSR count). The lowest BCUT2D eigenvalue weighted by molar-refractivity contribution is -0.142. The highest BCUT2D eigenvalue weighted by Crippen LogP contribution is 2.19. The number of carbonyl (C=O) groups is 15. The van der Waals surface area contributed by atoms with Crippen molar-refractivity contribution >= 4 is 112 Å². The minimum atomic E-state index is -2.10. The van der Waals surface area contributed by atoms with Gasteiger partial charge < -0.3 is 140 Å². The summed E-state index contributed by atoms with van der Waals surface area (Å²) >= 11 is 1.21. The Labute approximate surface area is 790 Å². The summed E-state index contributed by atoms with van der Waals surface area (Å²) in [5.41, 5.74) is 35.0. The number of phenolic OH excluding ortho intramolecular Hbond substituents is 1. The van der Waals surface area contributed by atoms with Crippen molar-refractivity contribution in [3.05, 3.63) is 48.0 Å². The molecule has 14 atom stereocenters. The number of hydrogen-bond acceptors (Lipinski definition) is 25. The van der Waals surface area contributed by atoms with Crippen molar-refractivity contribution in [3.8, 4) is 5.75 Å². The molecular formula is C89H157N25O19S. The number of nitrogens with two attached hydrogens (primary N) is 6. The van der Waals surface area contributed by atoms with Gasteiger partial charge in [0.25, 0.3) is 0 Å². The zero-order valence-electron chi connectivity index (χ0n) is 79.2. The monoisotopic (exact) mass is 1910 g/mol. The molecule has 45 heteroatoms. The molecule has 1 heterocycles. The van der Waals surface area contributed by atoms with Crippen molar-refractivity contribution < 1.29 is 92.3 Å². The molecule has 0 saturated carbocycles. The number of carboxylic acids is 1. The SMILES string of the molecule is CCCCCCCCCCCCCCCC(=O)N[C@@H](CCCCN)C(=O)N[C@@H](CCCCN)C(=O)N[C@@H](CC(C)C)C(=O)N[C@H](CCCNC(=N)N)C(=O)N[C@@H](CO)C(=O)N[C@@H](CCSC)C(=O)N[C@H](C(=O)N[C@@H](CC(=O)O)C(=O)N[C@@H](CCCCN)C(=O)N[C@@H](Cc1ccc(O)cc1)C(=O)N[C@@H](CCCNC(=N)N)C(=O)N[C@@H](CC(C)C)C(=O)N[C@@H](Cc1c[nH]cn1)C(N)=O)[C@@H](C)O. The van der Waals surface area contributed by atoms with E-state index in [0.717, 1.165) is 32.6 Å². The number of aromatic amines is 1. The molecule has 0 aliphatic heterocycles. The molecule has 0 fully saturated rings. The first-order valence-electron chi connectivity index (χ1n) is 47.1. The molecule has 14 amide bonds. The van der Waals surface area contributed by atoms with Crippen molar-refractivity contribution in [1.82, 2.24) is 89.7 Å². The van der Waals surface area contributed by atoms with Gasteiger partial charge >= 0.3 is 5.97 Å². The Morgan fingerprint density at radius 1 is 0.418 bits per heavy atom. The molecule has 2 aromatic rings. The smallest absolute Gasteiger partial charge is 0.305 e. The molecule has 0 spiro atoms. The maximum Gasteiger partial charge on any atom is 0.305 e. The molecule has 34 N–H and O–H groups in total. The molecule has 0 unspecified atom stereocenters. The number of H-pyrrole nitrogens is 1. The van der Waals surface area contributed by atoms with Gasteiger partial charge in [0, 0.05) is 38.5 Å². The van der Waals surface area contributed by atoms with Crippen LogP contribution in [0.1, 0.15) is 252 Å². The van der Waals surface area contributed by atoms with Crippen LogP contribution in [0.4, 0.5) is 0 Å². The first-order chi connectivity index (χ1) is 63.8. The number of carbonyl (C=O) groups excluding carboxylic acids is 14. The number of aromatic nitrogens is 2. The van der Waals surface area contributed by atoms with Gasteiger partial charge in [0.15, 0.2) is 11.9 Å². The number of imidazole rings is 1. The number of rotatable bonds is 75. The topological polar surface area (TPSA) is 750 Å². The summed E-state index contributed by atoms with van der Waals surface area (Å²) in [7, 11) is 0. The molecule has 0 bridgehead atoms. The van der Waals surface area contributed by atoms with Crippen LogP contribution in [0.15, 0.2) is 36.8 Å². The Morgan fingerprint density at radius 3 is 1.15 bits per heavy atom. The van der Waals surface area contributed by atoms with Crippen LogP contribution in [0.2, 0.25) is 0 Å². The number of nitrogens with one attached hydrogen (secondary N) is 18. The standard InChI is InChI=1S/C89H157N25O19S/c1-8-9-10-11-12-13-14-15-16-17-18-19-20-34-72(118)102-60(29-21-24-40-90)76(122)103-61(30-22-25-41-91)77(123)109-67(46-54(2)3)82(128)105-64(33-28-44-100-89(96)97)80(126)113-71(52-115)86(132)107-65(39-45-134-7)81(127)114-74(56(6)116)87(133)112-70(50-73(119)120)85(131)104-62(31-23-26-42-92)78(124)111-69(48-57-35-37-59(117)38-36-57)84(130)106-63(32-27-43-99-88(94)95)79(125)110-68(47-55(4)5)83(129)108-66(75(93)121)49-58-51-98-53-101-58/h35-38,51,53-56,60-71,74,115-117H,8-34,39-50,52,90-92H2,1-7H3,(H2,93,121)(H,98,101)(H,102,118)(H,103,122)(H,104,131)(H,105,128)(H,106,130)(H,107,132)(H,108,129)(H,109,123)(H,110,125)(H,111,124)(H,112,133)(H,113,126)(H,114,127)(H,119,120)(H4,94,95,99)(H4,96,97,100)/t56-,60+,61+,62+,63+,64-,65+,66+,67+,68+,69+,70+,71+,74+/m1/s1. The molecule has 0 saturated heterocycles. The van der Waals surface area contributed by atoms with E-state index in [1.807, 2.05) is 0 Å². The quantitative estimate of drug-likeness (QED) is 0.0210. The number of amides is 14. The number of aliphatic carboxylic acids is 1. The molecule has 0 aliphatic carbocycles. The van der Waals surface area contributed by atoms with E-state index in [9.17, 15) is 92.3 Å².